The van der Waals surface area contributed by atoms with Gasteiger partial charge in [-0.1, -0.05) is 18.6 Å². The third-order valence-corrected chi connectivity index (χ3v) is 3.55. The second-order valence-electron chi connectivity index (χ2n) is 4.02. The smallest absolute Gasteiger partial charge is 0.147 e. The van der Waals surface area contributed by atoms with Gasteiger partial charge in [0.05, 0.1) is 15.6 Å². The Hall–Kier alpha value is -0.320. The van der Waals surface area contributed by atoms with Gasteiger partial charge in [0.1, 0.15) is 5.75 Å². The monoisotopic (exact) mass is 375 g/mol. The molecule has 0 aliphatic heterocycles. The SMILES string of the molecule is CCNCC(C)=Cc1cc(Br)c(OCC)c(Br)c1. The standard InChI is InChI=1S/C14H19Br2NO/c1-4-17-9-10(3)6-11-7-12(15)14(18-5-2)13(16)8-11/h6-8,17H,4-5,9H2,1-3H3. The van der Waals surface area contributed by atoms with E-state index in [9.17, 15) is 0 Å². The van der Waals surface area contributed by atoms with Crippen LogP contribution in [0.2, 0.25) is 0 Å². The molecule has 1 aromatic carbocycles. The van der Waals surface area contributed by atoms with Crippen LogP contribution in [0.5, 0.6) is 5.75 Å². The Morgan fingerprint density at radius 1 is 1.28 bits per heavy atom. The van der Waals surface area contributed by atoms with Crippen LogP contribution in [0, 0.1) is 0 Å². The highest BCUT2D eigenvalue weighted by atomic mass is 79.9. The maximum absolute atomic E-state index is 5.57. The molecule has 1 rings (SSSR count). The highest BCUT2D eigenvalue weighted by Crippen LogP contribution is 2.35. The van der Waals surface area contributed by atoms with Gasteiger partial charge in [0.2, 0.25) is 0 Å². The molecule has 0 atom stereocenters. The van der Waals surface area contributed by atoms with E-state index in [1.807, 2.05) is 6.92 Å². The van der Waals surface area contributed by atoms with Crippen LogP contribution in [0.15, 0.2) is 26.7 Å². The molecule has 0 fully saturated rings. The summed E-state index contributed by atoms with van der Waals surface area (Å²) in [5, 5.41) is 3.31. The summed E-state index contributed by atoms with van der Waals surface area (Å²) in [7, 11) is 0. The van der Waals surface area contributed by atoms with Crippen molar-refractivity contribution in [2.45, 2.75) is 20.8 Å². The topological polar surface area (TPSA) is 21.3 Å². The summed E-state index contributed by atoms with van der Waals surface area (Å²) in [5.74, 6) is 0.860. The van der Waals surface area contributed by atoms with Crippen LogP contribution in [0.25, 0.3) is 6.08 Å². The molecule has 0 aliphatic carbocycles. The van der Waals surface area contributed by atoms with Crippen molar-refractivity contribution in [1.82, 2.24) is 5.32 Å². The van der Waals surface area contributed by atoms with Crippen LogP contribution in [0.3, 0.4) is 0 Å². The second kappa shape index (κ2) is 7.97. The number of hydrogen-bond donors (Lipinski definition) is 1. The van der Waals surface area contributed by atoms with Crippen molar-refractivity contribution in [1.29, 1.82) is 0 Å². The highest BCUT2D eigenvalue weighted by molar-refractivity contribution is 9.11. The number of rotatable bonds is 6. The molecule has 100 valence electrons. The Kier molecular flexibility index (Phi) is 6.97. The van der Waals surface area contributed by atoms with Crippen molar-refractivity contribution in [3.8, 4) is 5.75 Å². The Morgan fingerprint density at radius 3 is 2.39 bits per heavy atom. The van der Waals surface area contributed by atoms with Gasteiger partial charge in [-0.05, 0) is 69.9 Å². The van der Waals surface area contributed by atoms with E-state index in [0.717, 1.165) is 33.3 Å². The fourth-order valence-electron chi connectivity index (χ4n) is 1.60. The summed E-state index contributed by atoms with van der Waals surface area (Å²) in [6.45, 7) is 8.78. The molecule has 18 heavy (non-hydrogen) atoms. The summed E-state index contributed by atoms with van der Waals surface area (Å²) < 4.78 is 7.51. The fraction of sp³-hybridized carbons (Fsp3) is 0.429. The number of benzene rings is 1. The minimum absolute atomic E-state index is 0.659. The summed E-state index contributed by atoms with van der Waals surface area (Å²) in [6.07, 6.45) is 2.17. The van der Waals surface area contributed by atoms with E-state index in [4.69, 9.17) is 4.74 Å². The first-order valence-corrected chi connectivity index (χ1v) is 7.66. The molecule has 0 aliphatic rings. The van der Waals surface area contributed by atoms with E-state index < -0.39 is 0 Å². The minimum Gasteiger partial charge on any atom is -0.492 e. The summed E-state index contributed by atoms with van der Waals surface area (Å²) >= 11 is 7.08. The number of likely N-dealkylation sites (N-methyl/N-ethyl adjacent to an activating group) is 1. The van der Waals surface area contributed by atoms with E-state index in [1.54, 1.807) is 0 Å². The third-order valence-electron chi connectivity index (χ3n) is 2.38. The lowest BCUT2D eigenvalue weighted by atomic mass is 10.1. The predicted molar refractivity (Wildman–Crippen MR) is 85.2 cm³/mol. The number of hydrogen-bond acceptors (Lipinski definition) is 2. The van der Waals surface area contributed by atoms with Crippen LogP contribution >= 0.6 is 31.9 Å². The van der Waals surface area contributed by atoms with Gasteiger partial charge in [-0.15, -0.1) is 0 Å². The summed E-state index contributed by atoms with van der Waals surface area (Å²) in [4.78, 5) is 0. The lowest BCUT2D eigenvalue weighted by molar-refractivity contribution is 0.336. The minimum atomic E-state index is 0.659. The second-order valence-corrected chi connectivity index (χ2v) is 5.73. The zero-order valence-electron chi connectivity index (χ0n) is 11.0. The van der Waals surface area contributed by atoms with Gasteiger partial charge >= 0.3 is 0 Å². The zero-order valence-corrected chi connectivity index (χ0v) is 14.2. The molecular weight excluding hydrogens is 358 g/mol. The van der Waals surface area contributed by atoms with E-state index in [-0.39, 0.29) is 0 Å². The molecule has 1 N–H and O–H groups in total. The Balaban J connectivity index is 2.92. The zero-order chi connectivity index (χ0) is 13.5. The average Bonchev–Trinajstić information content (AvgIpc) is 2.31. The van der Waals surface area contributed by atoms with Crippen LogP contribution in [0.4, 0.5) is 0 Å². The molecule has 1 aromatic rings. The number of ether oxygens (including phenoxy) is 1. The summed E-state index contributed by atoms with van der Waals surface area (Å²) in [5.41, 5.74) is 2.47. The average molecular weight is 377 g/mol. The summed E-state index contributed by atoms with van der Waals surface area (Å²) in [6, 6.07) is 4.15. The van der Waals surface area contributed by atoms with Crippen molar-refractivity contribution in [3.63, 3.8) is 0 Å². The first kappa shape index (κ1) is 15.7. The highest BCUT2D eigenvalue weighted by Gasteiger charge is 2.07. The van der Waals surface area contributed by atoms with E-state index in [1.165, 1.54) is 5.57 Å². The van der Waals surface area contributed by atoms with Gasteiger partial charge < -0.3 is 10.1 Å². The van der Waals surface area contributed by atoms with Gasteiger partial charge in [0, 0.05) is 6.54 Å². The van der Waals surface area contributed by atoms with Gasteiger partial charge in [-0.3, -0.25) is 0 Å². The molecule has 0 radical (unpaired) electrons. The van der Waals surface area contributed by atoms with Crippen molar-refractivity contribution < 1.29 is 4.74 Å². The Morgan fingerprint density at radius 2 is 1.89 bits per heavy atom. The van der Waals surface area contributed by atoms with E-state index >= 15 is 0 Å². The first-order valence-electron chi connectivity index (χ1n) is 6.08. The normalized spacial score (nSPS) is 11.7. The molecule has 0 bridgehead atoms. The van der Waals surface area contributed by atoms with Gasteiger partial charge in [0.25, 0.3) is 0 Å². The van der Waals surface area contributed by atoms with Crippen molar-refractivity contribution in [3.05, 3.63) is 32.2 Å². The van der Waals surface area contributed by atoms with Crippen molar-refractivity contribution >= 4 is 37.9 Å². The Labute approximate surface area is 126 Å². The molecule has 2 nitrogen and oxygen atoms in total. The molecule has 0 amide bonds. The molecule has 0 unspecified atom stereocenters. The number of nitrogens with one attached hydrogen (secondary N) is 1. The maximum Gasteiger partial charge on any atom is 0.147 e. The first-order chi connectivity index (χ1) is 8.58. The maximum atomic E-state index is 5.57. The third kappa shape index (κ3) is 4.75. The van der Waals surface area contributed by atoms with Crippen molar-refractivity contribution in [2.75, 3.05) is 19.7 Å². The van der Waals surface area contributed by atoms with Gasteiger partial charge in [0.15, 0.2) is 0 Å². The lowest BCUT2D eigenvalue weighted by Gasteiger charge is -2.10. The van der Waals surface area contributed by atoms with Crippen LogP contribution in [-0.2, 0) is 0 Å². The largest absolute Gasteiger partial charge is 0.492 e. The lowest BCUT2D eigenvalue weighted by Crippen LogP contribution is -2.14. The quantitative estimate of drug-likeness (QED) is 0.781. The predicted octanol–water partition coefficient (Wildman–Crippen LogP) is 4.62. The molecule has 0 saturated heterocycles. The van der Waals surface area contributed by atoms with Gasteiger partial charge in [-0.25, -0.2) is 0 Å². The molecule has 0 heterocycles. The molecular formula is C14H19Br2NO. The van der Waals surface area contributed by atoms with Crippen molar-refractivity contribution in [2.24, 2.45) is 0 Å². The van der Waals surface area contributed by atoms with Gasteiger partial charge in [-0.2, -0.15) is 0 Å². The molecule has 0 saturated carbocycles. The molecule has 0 spiro atoms. The molecule has 4 heteroatoms. The fourth-order valence-corrected chi connectivity index (χ4v) is 3.05. The van der Waals surface area contributed by atoms with E-state index in [0.29, 0.717) is 6.61 Å². The van der Waals surface area contributed by atoms with Crippen LogP contribution < -0.4 is 10.1 Å². The van der Waals surface area contributed by atoms with E-state index in [2.05, 4.69) is 69.2 Å². The van der Waals surface area contributed by atoms with Crippen LogP contribution in [-0.4, -0.2) is 19.7 Å². The number of halogens is 2. The molecule has 0 aromatic heterocycles. The Bertz CT molecular complexity index is 407. The van der Waals surface area contributed by atoms with Crippen LogP contribution in [0.1, 0.15) is 26.3 Å².